The van der Waals surface area contributed by atoms with Crippen LogP contribution in [-0.2, 0) is 6.54 Å². The maximum Gasteiger partial charge on any atom is 0.283 e. The highest BCUT2D eigenvalue weighted by Crippen LogP contribution is 2.25. The number of hydrogen-bond donors (Lipinski definition) is 0. The zero-order chi connectivity index (χ0) is 12.4. The van der Waals surface area contributed by atoms with E-state index < -0.39 is 4.92 Å². The van der Waals surface area contributed by atoms with Gasteiger partial charge in [0.1, 0.15) is 0 Å². The Morgan fingerprint density at radius 2 is 2.18 bits per heavy atom. The fourth-order valence-corrected chi connectivity index (χ4v) is 2.13. The molecule has 2 aromatic rings. The molecule has 0 amide bonds. The molecule has 0 unspecified atom stereocenters. The minimum Gasteiger partial charge on any atom is -0.267 e. The van der Waals surface area contributed by atoms with Gasteiger partial charge in [-0.1, -0.05) is 6.07 Å². The van der Waals surface area contributed by atoms with Crippen molar-refractivity contribution in [3.8, 4) is 0 Å². The van der Waals surface area contributed by atoms with Crippen LogP contribution >= 0.6 is 31.9 Å². The SMILES string of the molecule is O=[N+]([O-])c1cc(Cn2cc(Br)cn2)ccc1Br. The summed E-state index contributed by atoms with van der Waals surface area (Å²) in [5, 5.41) is 14.9. The molecule has 1 heterocycles. The number of halogens is 2. The maximum absolute atomic E-state index is 10.8. The largest absolute Gasteiger partial charge is 0.283 e. The molecule has 1 aromatic heterocycles. The zero-order valence-corrected chi connectivity index (χ0v) is 11.7. The van der Waals surface area contributed by atoms with Gasteiger partial charge in [0.15, 0.2) is 0 Å². The fourth-order valence-electron chi connectivity index (χ4n) is 1.41. The van der Waals surface area contributed by atoms with Crippen LogP contribution < -0.4 is 0 Å². The summed E-state index contributed by atoms with van der Waals surface area (Å²) in [6.45, 7) is 0.500. The minimum atomic E-state index is -0.410. The van der Waals surface area contributed by atoms with E-state index in [0.717, 1.165) is 10.0 Å². The predicted molar refractivity (Wildman–Crippen MR) is 69.8 cm³/mol. The lowest BCUT2D eigenvalue weighted by molar-refractivity contribution is -0.385. The molecule has 0 spiro atoms. The molecule has 0 aliphatic rings. The Morgan fingerprint density at radius 1 is 1.41 bits per heavy atom. The molecule has 0 atom stereocenters. The summed E-state index contributed by atoms with van der Waals surface area (Å²) in [5.41, 5.74) is 0.893. The second-order valence-electron chi connectivity index (χ2n) is 3.40. The number of nitro benzene ring substituents is 1. The quantitative estimate of drug-likeness (QED) is 0.622. The molecule has 0 aliphatic heterocycles. The number of aromatic nitrogens is 2. The van der Waals surface area contributed by atoms with Crippen LogP contribution in [0.4, 0.5) is 5.69 Å². The Kier molecular flexibility index (Phi) is 3.58. The Balaban J connectivity index is 2.28. The van der Waals surface area contributed by atoms with Crippen LogP contribution in [0, 0.1) is 10.1 Å². The molecule has 0 radical (unpaired) electrons. The Labute approximate surface area is 114 Å². The van der Waals surface area contributed by atoms with E-state index in [1.54, 1.807) is 23.0 Å². The van der Waals surface area contributed by atoms with E-state index in [0.29, 0.717) is 11.0 Å². The summed E-state index contributed by atoms with van der Waals surface area (Å²) >= 11 is 6.44. The van der Waals surface area contributed by atoms with Crippen LogP contribution in [-0.4, -0.2) is 14.7 Å². The third-order valence-electron chi connectivity index (χ3n) is 2.15. The second kappa shape index (κ2) is 4.97. The van der Waals surface area contributed by atoms with E-state index in [4.69, 9.17) is 0 Å². The number of hydrogen-bond acceptors (Lipinski definition) is 3. The van der Waals surface area contributed by atoms with E-state index in [-0.39, 0.29) is 5.69 Å². The van der Waals surface area contributed by atoms with Gasteiger partial charge >= 0.3 is 0 Å². The van der Waals surface area contributed by atoms with Crippen molar-refractivity contribution in [1.29, 1.82) is 0 Å². The number of benzene rings is 1. The van der Waals surface area contributed by atoms with Gasteiger partial charge in [0, 0.05) is 12.3 Å². The Bertz CT molecular complexity index is 568. The van der Waals surface area contributed by atoms with Crippen molar-refractivity contribution in [3.05, 3.63) is 55.2 Å². The number of rotatable bonds is 3. The number of nitrogens with zero attached hydrogens (tertiary/aromatic N) is 3. The highest BCUT2D eigenvalue weighted by atomic mass is 79.9. The van der Waals surface area contributed by atoms with Gasteiger partial charge in [-0.25, -0.2) is 0 Å². The summed E-state index contributed by atoms with van der Waals surface area (Å²) < 4.78 is 3.06. The van der Waals surface area contributed by atoms with Gasteiger partial charge in [0.05, 0.1) is 26.6 Å². The molecule has 2 rings (SSSR count). The first-order chi connectivity index (χ1) is 8.06. The first kappa shape index (κ1) is 12.3. The lowest BCUT2D eigenvalue weighted by Gasteiger charge is -2.02. The molecule has 5 nitrogen and oxygen atoms in total. The molecule has 0 aliphatic carbocycles. The fraction of sp³-hybridized carbons (Fsp3) is 0.100. The van der Waals surface area contributed by atoms with Crippen molar-refractivity contribution in [3.63, 3.8) is 0 Å². The van der Waals surface area contributed by atoms with Crippen LogP contribution in [0.1, 0.15) is 5.56 Å². The molecule has 0 saturated heterocycles. The van der Waals surface area contributed by atoms with Crippen molar-refractivity contribution >= 4 is 37.5 Å². The van der Waals surface area contributed by atoms with Crippen LogP contribution in [0.15, 0.2) is 39.5 Å². The summed E-state index contributed by atoms with van der Waals surface area (Å²) in [5.74, 6) is 0. The van der Waals surface area contributed by atoms with Gasteiger partial charge in [0.2, 0.25) is 0 Å². The smallest absolute Gasteiger partial charge is 0.267 e. The third kappa shape index (κ3) is 2.92. The molecular weight excluding hydrogens is 354 g/mol. The first-order valence-electron chi connectivity index (χ1n) is 4.67. The molecule has 0 fully saturated rings. The van der Waals surface area contributed by atoms with Gasteiger partial charge < -0.3 is 0 Å². The van der Waals surface area contributed by atoms with Crippen molar-refractivity contribution in [2.24, 2.45) is 0 Å². The average Bonchev–Trinajstić information content (AvgIpc) is 2.66. The molecule has 7 heteroatoms. The molecule has 17 heavy (non-hydrogen) atoms. The molecular formula is C10H7Br2N3O2. The van der Waals surface area contributed by atoms with E-state index in [1.165, 1.54) is 0 Å². The lowest BCUT2D eigenvalue weighted by atomic mass is 10.2. The van der Waals surface area contributed by atoms with Gasteiger partial charge in [0.25, 0.3) is 5.69 Å². The van der Waals surface area contributed by atoms with Crippen LogP contribution in [0.25, 0.3) is 0 Å². The molecule has 1 aromatic carbocycles. The van der Waals surface area contributed by atoms with Crippen LogP contribution in [0.3, 0.4) is 0 Å². The molecule has 88 valence electrons. The minimum absolute atomic E-state index is 0.0636. The monoisotopic (exact) mass is 359 g/mol. The normalized spacial score (nSPS) is 10.5. The molecule has 0 bridgehead atoms. The highest BCUT2D eigenvalue weighted by Gasteiger charge is 2.12. The van der Waals surface area contributed by atoms with Crippen LogP contribution in [0.5, 0.6) is 0 Å². The first-order valence-corrected chi connectivity index (χ1v) is 6.25. The van der Waals surface area contributed by atoms with Crippen molar-refractivity contribution in [2.45, 2.75) is 6.54 Å². The highest BCUT2D eigenvalue weighted by molar-refractivity contribution is 9.10. The third-order valence-corrected chi connectivity index (χ3v) is 3.23. The summed E-state index contributed by atoms with van der Waals surface area (Å²) in [4.78, 5) is 10.4. The van der Waals surface area contributed by atoms with Crippen molar-refractivity contribution < 1.29 is 4.92 Å². The average molecular weight is 361 g/mol. The zero-order valence-electron chi connectivity index (χ0n) is 8.51. The number of nitro groups is 1. The summed E-state index contributed by atoms with van der Waals surface area (Å²) in [6.07, 6.45) is 3.49. The van der Waals surface area contributed by atoms with Crippen LogP contribution in [0.2, 0.25) is 0 Å². The molecule has 0 saturated carbocycles. The Morgan fingerprint density at radius 3 is 2.76 bits per heavy atom. The van der Waals surface area contributed by atoms with Gasteiger partial charge in [-0.2, -0.15) is 5.10 Å². The topological polar surface area (TPSA) is 61.0 Å². The predicted octanol–water partition coefficient (Wildman–Crippen LogP) is 3.36. The van der Waals surface area contributed by atoms with Crippen molar-refractivity contribution in [1.82, 2.24) is 9.78 Å². The van der Waals surface area contributed by atoms with E-state index in [9.17, 15) is 10.1 Å². The van der Waals surface area contributed by atoms with E-state index in [2.05, 4.69) is 37.0 Å². The standard InChI is InChI=1S/C10H7Br2N3O2/c11-8-4-13-14(6-8)5-7-1-2-9(12)10(3-7)15(16)17/h1-4,6H,5H2. The summed E-state index contributed by atoms with van der Waals surface area (Å²) in [7, 11) is 0. The lowest BCUT2D eigenvalue weighted by Crippen LogP contribution is -2.00. The van der Waals surface area contributed by atoms with Crippen molar-refractivity contribution in [2.75, 3.05) is 0 Å². The summed E-state index contributed by atoms with van der Waals surface area (Å²) in [6, 6.07) is 5.04. The Hall–Kier alpha value is -1.21. The van der Waals surface area contributed by atoms with E-state index in [1.807, 2.05) is 12.3 Å². The maximum atomic E-state index is 10.8. The molecule has 0 N–H and O–H groups in total. The second-order valence-corrected chi connectivity index (χ2v) is 5.17. The van der Waals surface area contributed by atoms with Gasteiger partial charge in [-0.3, -0.25) is 14.8 Å². The van der Waals surface area contributed by atoms with E-state index >= 15 is 0 Å². The van der Waals surface area contributed by atoms with Gasteiger partial charge in [-0.05, 0) is 43.5 Å². The van der Waals surface area contributed by atoms with Gasteiger partial charge in [-0.15, -0.1) is 0 Å².